The molecule has 0 unspecified atom stereocenters. The fourth-order valence-corrected chi connectivity index (χ4v) is 2.22. The van der Waals surface area contributed by atoms with Gasteiger partial charge in [-0.1, -0.05) is 6.92 Å². The van der Waals surface area contributed by atoms with Gasteiger partial charge in [0, 0.05) is 25.2 Å². The standard InChI is InChI=1S/C12H21N5O/c1-3-17-6-4-9(5-7-17)14-10-8-11(18-2)16-12(13)15-10/h8-9H,3-7H2,1-2H3,(H3,13,14,15,16). The molecule has 3 N–H and O–H groups in total. The smallest absolute Gasteiger partial charge is 0.225 e. The zero-order valence-corrected chi connectivity index (χ0v) is 11.0. The Morgan fingerprint density at radius 1 is 1.44 bits per heavy atom. The predicted octanol–water partition coefficient (Wildman–Crippen LogP) is 0.964. The number of hydrogen-bond acceptors (Lipinski definition) is 6. The van der Waals surface area contributed by atoms with Crippen molar-refractivity contribution < 1.29 is 4.74 Å². The van der Waals surface area contributed by atoms with Crippen molar-refractivity contribution in [2.24, 2.45) is 0 Å². The van der Waals surface area contributed by atoms with Gasteiger partial charge in [-0.25, -0.2) is 0 Å². The maximum Gasteiger partial charge on any atom is 0.225 e. The first-order chi connectivity index (χ1) is 8.71. The largest absolute Gasteiger partial charge is 0.481 e. The minimum absolute atomic E-state index is 0.239. The van der Waals surface area contributed by atoms with Crippen LogP contribution < -0.4 is 15.8 Å². The van der Waals surface area contributed by atoms with Crippen molar-refractivity contribution in [3.8, 4) is 5.88 Å². The Kier molecular flexibility index (Phi) is 4.19. The fraction of sp³-hybridized carbons (Fsp3) is 0.667. The average Bonchev–Trinajstić information content (AvgIpc) is 2.39. The molecule has 0 aromatic carbocycles. The summed E-state index contributed by atoms with van der Waals surface area (Å²) < 4.78 is 5.08. The number of aromatic nitrogens is 2. The number of anilines is 2. The minimum Gasteiger partial charge on any atom is -0.481 e. The first-order valence-corrected chi connectivity index (χ1v) is 6.38. The molecule has 2 rings (SSSR count). The van der Waals surface area contributed by atoms with Crippen LogP contribution in [0.4, 0.5) is 11.8 Å². The van der Waals surface area contributed by atoms with E-state index in [-0.39, 0.29) is 5.95 Å². The van der Waals surface area contributed by atoms with E-state index in [1.165, 1.54) is 0 Å². The quantitative estimate of drug-likeness (QED) is 0.830. The molecule has 6 heteroatoms. The van der Waals surface area contributed by atoms with Crippen LogP contribution in [0.15, 0.2) is 6.07 Å². The van der Waals surface area contributed by atoms with Gasteiger partial charge in [0.2, 0.25) is 11.8 Å². The summed E-state index contributed by atoms with van der Waals surface area (Å²) in [6.07, 6.45) is 2.25. The summed E-state index contributed by atoms with van der Waals surface area (Å²) >= 11 is 0. The number of nitrogens with zero attached hydrogens (tertiary/aromatic N) is 3. The van der Waals surface area contributed by atoms with Crippen molar-refractivity contribution in [2.45, 2.75) is 25.8 Å². The van der Waals surface area contributed by atoms with Crippen molar-refractivity contribution in [3.05, 3.63) is 6.07 Å². The molecule has 0 bridgehead atoms. The molecule has 0 saturated carbocycles. The van der Waals surface area contributed by atoms with Gasteiger partial charge in [0.1, 0.15) is 5.82 Å². The summed E-state index contributed by atoms with van der Waals surface area (Å²) in [5, 5.41) is 3.40. The summed E-state index contributed by atoms with van der Waals surface area (Å²) in [5.74, 6) is 1.48. The zero-order valence-electron chi connectivity index (χ0n) is 11.0. The van der Waals surface area contributed by atoms with E-state index in [0.717, 1.165) is 38.3 Å². The van der Waals surface area contributed by atoms with Crippen LogP contribution >= 0.6 is 0 Å². The van der Waals surface area contributed by atoms with E-state index in [1.54, 1.807) is 13.2 Å². The molecule has 1 aromatic rings. The van der Waals surface area contributed by atoms with Crippen LogP contribution in [-0.2, 0) is 0 Å². The topological polar surface area (TPSA) is 76.3 Å². The Labute approximate surface area is 108 Å². The third-order valence-electron chi connectivity index (χ3n) is 3.32. The number of hydrogen-bond donors (Lipinski definition) is 2. The van der Waals surface area contributed by atoms with Gasteiger partial charge < -0.3 is 20.7 Å². The molecule has 0 radical (unpaired) electrons. The first kappa shape index (κ1) is 12.9. The Balaban J connectivity index is 1.95. The summed E-state index contributed by atoms with van der Waals surface area (Å²) in [4.78, 5) is 10.6. The van der Waals surface area contributed by atoms with Gasteiger partial charge >= 0.3 is 0 Å². The van der Waals surface area contributed by atoms with E-state index < -0.39 is 0 Å². The number of piperidine rings is 1. The van der Waals surface area contributed by atoms with Gasteiger partial charge in [-0.05, 0) is 19.4 Å². The molecule has 1 aromatic heterocycles. The van der Waals surface area contributed by atoms with Crippen LogP contribution in [0.5, 0.6) is 5.88 Å². The van der Waals surface area contributed by atoms with Crippen molar-refractivity contribution in [1.82, 2.24) is 14.9 Å². The molecule has 6 nitrogen and oxygen atoms in total. The highest BCUT2D eigenvalue weighted by Gasteiger charge is 2.18. The summed E-state index contributed by atoms with van der Waals surface area (Å²) in [7, 11) is 1.57. The van der Waals surface area contributed by atoms with Crippen LogP contribution in [0.3, 0.4) is 0 Å². The first-order valence-electron chi connectivity index (χ1n) is 6.38. The molecule has 0 aliphatic carbocycles. The fourth-order valence-electron chi connectivity index (χ4n) is 2.22. The van der Waals surface area contributed by atoms with Crippen molar-refractivity contribution in [1.29, 1.82) is 0 Å². The number of nitrogens with one attached hydrogen (secondary N) is 1. The van der Waals surface area contributed by atoms with E-state index in [4.69, 9.17) is 10.5 Å². The number of nitrogen functional groups attached to an aromatic ring is 1. The molecule has 0 amide bonds. The number of ether oxygens (including phenoxy) is 1. The monoisotopic (exact) mass is 251 g/mol. The Morgan fingerprint density at radius 2 is 2.17 bits per heavy atom. The third-order valence-corrected chi connectivity index (χ3v) is 3.32. The van der Waals surface area contributed by atoms with Crippen molar-refractivity contribution in [2.75, 3.05) is 37.8 Å². The summed E-state index contributed by atoms with van der Waals surface area (Å²) in [6, 6.07) is 2.23. The number of rotatable bonds is 4. The maximum absolute atomic E-state index is 5.63. The SMILES string of the molecule is CCN1CCC(Nc2cc(OC)nc(N)n2)CC1. The van der Waals surface area contributed by atoms with E-state index in [0.29, 0.717) is 11.9 Å². The van der Waals surface area contributed by atoms with Gasteiger partial charge in [-0.2, -0.15) is 9.97 Å². The van der Waals surface area contributed by atoms with Crippen LogP contribution in [-0.4, -0.2) is 47.7 Å². The molecule has 100 valence electrons. The van der Waals surface area contributed by atoms with Crippen LogP contribution in [0, 0.1) is 0 Å². The molecule has 0 spiro atoms. The average molecular weight is 251 g/mol. The second-order valence-corrected chi connectivity index (χ2v) is 4.51. The van der Waals surface area contributed by atoms with E-state index in [1.807, 2.05) is 0 Å². The van der Waals surface area contributed by atoms with Crippen LogP contribution in [0.25, 0.3) is 0 Å². The van der Waals surface area contributed by atoms with Crippen molar-refractivity contribution >= 4 is 11.8 Å². The summed E-state index contributed by atoms with van der Waals surface area (Å²) in [5.41, 5.74) is 5.63. The Morgan fingerprint density at radius 3 is 2.78 bits per heavy atom. The molecule has 1 saturated heterocycles. The highest BCUT2D eigenvalue weighted by molar-refractivity contribution is 5.43. The Bertz CT molecular complexity index is 390. The van der Waals surface area contributed by atoms with E-state index >= 15 is 0 Å². The van der Waals surface area contributed by atoms with E-state index in [2.05, 4.69) is 27.1 Å². The highest BCUT2D eigenvalue weighted by Crippen LogP contribution is 2.18. The molecule has 18 heavy (non-hydrogen) atoms. The lowest BCUT2D eigenvalue weighted by atomic mass is 10.1. The lowest BCUT2D eigenvalue weighted by Crippen LogP contribution is -2.39. The lowest BCUT2D eigenvalue weighted by Gasteiger charge is -2.31. The van der Waals surface area contributed by atoms with Gasteiger partial charge in [-0.3, -0.25) is 0 Å². The minimum atomic E-state index is 0.239. The van der Waals surface area contributed by atoms with Crippen LogP contribution in [0.2, 0.25) is 0 Å². The summed E-state index contributed by atoms with van der Waals surface area (Å²) in [6.45, 7) is 5.59. The van der Waals surface area contributed by atoms with Gasteiger partial charge in [0.05, 0.1) is 7.11 Å². The van der Waals surface area contributed by atoms with Crippen LogP contribution in [0.1, 0.15) is 19.8 Å². The molecular formula is C12H21N5O. The molecule has 1 fully saturated rings. The molecule has 1 aliphatic heterocycles. The van der Waals surface area contributed by atoms with Gasteiger partial charge in [-0.15, -0.1) is 0 Å². The number of methoxy groups -OCH3 is 1. The van der Waals surface area contributed by atoms with Gasteiger partial charge in [0.15, 0.2) is 0 Å². The van der Waals surface area contributed by atoms with Crippen molar-refractivity contribution in [3.63, 3.8) is 0 Å². The predicted molar refractivity (Wildman–Crippen MR) is 71.8 cm³/mol. The number of nitrogens with two attached hydrogens (primary N) is 1. The maximum atomic E-state index is 5.63. The number of likely N-dealkylation sites (tertiary alicyclic amines) is 1. The normalized spacial score (nSPS) is 17.7. The molecule has 2 heterocycles. The zero-order chi connectivity index (χ0) is 13.0. The molecule has 0 atom stereocenters. The van der Waals surface area contributed by atoms with E-state index in [9.17, 15) is 0 Å². The molecular weight excluding hydrogens is 230 g/mol. The second-order valence-electron chi connectivity index (χ2n) is 4.51. The third kappa shape index (κ3) is 3.22. The molecule has 1 aliphatic rings. The highest BCUT2D eigenvalue weighted by atomic mass is 16.5. The second kappa shape index (κ2) is 5.86. The Hall–Kier alpha value is -1.56. The van der Waals surface area contributed by atoms with Gasteiger partial charge in [0.25, 0.3) is 0 Å². The lowest BCUT2D eigenvalue weighted by molar-refractivity contribution is 0.229.